The lowest BCUT2D eigenvalue weighted by atomic mass is 10.1. The number of hydrogen-bond donors (Lipinski definition) is 0. The molecule has 1 aliphatic rings. The van der Waals surface area contributed by atoms with Gasteiger partial charge in [-0.05, 0) is 29.2 Å². The summed E-state index contributed by atoms with van der Waals surface area (Å²) in [6, 6.07) is 37.4. The minimum Gasteiger partial charge on any atom is -0.328 e. The molecule has 0 bridgehead atoms. The molecule has 4 aromatic carbocycles. The van der Waals surface area contributed by atoms with Gasteiger partial charge < -0.3 is 19.6 Å². The van der Waals surface area contributed by atoms with Gasteiger partial charge in [0.25, 0.3) is 0 Å². The molecule has 0 radical (unpaired) electrons. The summed E-state index contributed by atoms with van der Waals surface area (Å²) in [6.45, 7) is 1.54. The molecule has 0 aliphatic carbocycles. The van der Waals surface area contributed by atoms with Gasteiger partial charge in [0.15, 0.2) is 0 Å². The predicted molar refractivity (Wildman–Crippen MR) is 172 cm³/mol. The van der Waals surface area contributed by atoms with Crippen LogP contribution < -0.4 is 0 Å². The van der Waals surface area contributed by atoms with Gasteiger partial charge in [-0.2, -0.15) is 0 Å². The van der Waals surface area contributed by atoms with Gasteiger partial charge >= 0.3 is 0 Å². The SMILES string of the molecule is C[C@@H](c1ccccc1)N1CC(=O)N(Cc2ccccc2)CC(=O)N(Cc2ccccc2)CC(=O)N(Cc2ccccc2)CC1=O. The van der Waals surface area contributed by atoms with Crippen molar-refractivity contribution in [3.63, 3.8) is 0 Å². The summed E-state index contributed by atoms with van der Waals surface area (Å²) in [5.41, 5.74) is 3.45. The average molecular weight is 603 g/mol. The second-order valence-corrected chi connectivity index (χ2v) is 11.3. The second-order valence-electron chi connectivity index (χ2n) is 11.3. The summed E-state index contributed by atoms with van der Waals surface area (Å²) >= 11 is 0. The number of carbonyl (C=O) groups excluding carboxylic acids is 4. The van der Waals surface area contributed by atoms with Gasteiger partial charge in [0.1, 0.15) is 26.2 Å². The van der Waals surface area contributed by atoms with Crippen molar-refractivity contribution in [1.82, 2.24) is 19.6 Å². The predicted octanol–water partition coefficient (Wildman–Crippen LogP) is 4.68. The lowest BCUT2D eigenvalue weighted by molar-refractivity contribution is -0.151. The van der Waals surface area contributed by atoms with E-state index in [0.29, 0.717) is 0 Å². The topological polar surface area (TPSA) is 81.2 Å². The van der Waals surface area contributed by atoms with Crippen LogP contribution in [0.1, 0.15) is 35.2 Å². The molecule has 8 heteroatoms. The zero-order chi connectivity index (χ0) is 31.6. The molecule has 1 fully saturated rings. The first kappa shape index (κ1) is 31.2. The van der Waals surface area contributed by atoms with Gasteiger partial charge in [-0.25, -0.2) is 0 Å². The molecule has 8 nitrogen and oxygen atoms in total. The van der Waals surface area contributed by atoms with Crippen LogP contribution in [0.15, 0.2) is 121 Å². The van der Waals surface area contributed by atoms with Crippen LogP contribution in [0.4, 0.5) is 0 Å². The van der Waals surface area contributed by atoms with Crippen LogP contribution in [0.3, 0.4) is 0 Å². The van der Waals surface area contributed by atoms with Crippen molar-refractivity contribution < 1.29 is 19.2 Å². The molecule has 45 heavy (non-hydrogen) atoms. The summed E-state index contributed by atoms with van der Waals surface area (Å²) in [7, 11) is 0. The minimum atomic E-state index is -0.442. The first-order valence-electron chi connectivity index (χ1n) is 15.2. The van der Waals surface area contributed by atoms with Crippen molar-refractivity contribution in [2.24, 2.45) is 0 Å². The van der Waals surface area contributed by atoms with E-state index in [1.54, 1.807) is 0 Å². The van der Waals surface area contributed by atoms with E-state index in [9.17, 15) is 19.2 Å². The number of hydrogen-bond acceptors (Lipinski definition) is 4. The number of nitrogens with zero attached hydrogens (tertiary/aromatic N) is 4. The molecule has 1 atom stereocenters. The van der Waals surface area contributed by atoms with Crippen LogP contribution in [0.2, 0.25) is 0 Å². The largest absolute Gasteiger partial charge is 0.328 e. The van der Waals surface area contributed by atoms with Crippen LogP contribution in [-0.2, 0) is 38.8 Å². The zero-order valence-electron chi connectivity index (χ0n) is 25.5. The Morgan fingerprint density at radius 3 is 1.13 bits per heavy atom. The molecule has 0 aromatic heterocycles. The molecule has 4 amide bonds. The van der Waals surface area contributed by atoms with Gasteiger partial charge in [-0.1, -0.05) is 121 Å². The average Bonchev–Trinajstić information content (AvgIpc) is 3.07. The fraction of sp³-hybridized carbons (Fsp3) is 0.243. The maximum Gasteiger partial charge on any atom is 0.243 e. The Balaban J connectivity index is 1.52. The molecule has 0 spiro atoms. The Kier molecular flexibility index (Phi) is 10.4. The Bertz CT molecular complexity index is 1540. The highest BCUT2D eigenvalue weighted by Crippen LogP contribution is 2.22. The molecular weight excluding hydrogens is 564 g/mol. The Hall–Kier alpha value is -5.24. The van der Waals surface area contributed by atoms with Crippen LogP contribution in [0.5, 0.6) is 0 Å². The van der Waals surface area contributed by atoms with Crippen molar-refractivity contribution in [3.8, 4) is 0 Å². The van der Waals surface area contributed by atoms with E-state index < -0.39 is 6.04 Å². The minimum absolute atomic E-state index is 0.195. The number of benzene rings is 4. The van der Waals surface area contributed by atoms with Crippen molar-refractivity contribution >= 4 is 23.6 Å². The summed E-state index contributed by atoms with van der Waals surface area (Å²) in [5.74, 6) is -1.37. The third-order valence-corrected chi connectivity index (χ3v) is 8.06. The maximum absolute atomic E-state index is 14.1. The van der Waals surface area contributed by atoms with Crippen molar-refractivity contribution in [2.45, 2.75) is 32.6 Å². The maximum atomic E-state index is 14.1. The molecule has 4 aromatic rings. The van der Waals surface area contributed by atoms with Gasteiger partial charge in [-0.15, -0.1) is 0 Å². The standard InChI is InChI=1S/C37H38N4O4/c1-29(33-20-12-5-13-21-33)41-28-36(44)39(23-31-16-8-3-9-17-31)26-34(42)38(22-30-14-6-2-7-15-30)25-35(43)40(27-37(41)45)24-32-18-10-4-11-19-32/h2-21,29H,22-28H2,1H3/t29-/m0/s1. The van der Waals surface area contributed by atoms with E-state index in [0.717, 1.165) is 22.3 Å². The molecule has 230 valence electrons. The zero-order valence-corrected chi connectivity index (χ0v) is 25.5. The first-order valence-corrected chi connectivity index (χ1v) is 15.2. The number of carbonyl (C=O) groups is 4. The van der Waals surface area contributed by atoms with E-state index in [2.05, 4.69) is 0 Å². The van der Waals surface area contributed by atoms with E-state index in [1.807, 2.05) is 128 Å². The summed E-state index contributed by atoms with van der Waals surface area (Å²) in [5, 5.41) is 0. The molecule has 0 N–H and O–H groups in total. The van der Waals surface area contributed by atoms with Crippen molar-refractivity contribution in [2.75, 3.05) is 26.2 Å². The normalized spacial score (nSPS) is 15.9. The van der Waals surface area contributed by atoms with Crippen LogP contribution in [-0.4, -0.2) is 69.4 Å². The van der Waals surface area contributed by atoms with Gasteiger partial charge in [-0.3, -0.25) is 19.2 Å². The van der Waals surface area contributed by atoms with Crippen LogP contribution in [0.25, 0.3) is 0 Å². The van der Waals surface area contributed by atoms with Gasteiger partial charge in [0.2, 0.25) is 23.6 Å². The quantitative estimate of drug-likeness (QED) is 0.294. The summed E-state index contributed by atoms with van der Waals surface area (Å²) < 4.78 is 0. The molecule has 0 unspecified atom stereocenters. The van der Waals surface area contributed by atoms with E-state index in [4.69, 9.17) is 0 Å². The molecule has 1 saturated heterocycles. The van der Waals surface area contributed by atoms with Gasteiger partial charge in [0, 0.05) is 19.6 Å². The van der Waals surface area contributed by atoms with Crippen molar-refractivity contribution in [3.05, 3.63) is 144 Å². The second kappa shape index (κ2) is 15.0. The third-order valence-electron chi connectivity index (χ3n) is 8.06. The number of amides is 4. The van der Waals surface area contributed by atoms with E-state index in [-0.39, 0.29) is 69.4 Å². The summed E-state index contributed by atoms with van der Waals surface area (Å²) in [4.78, 5) is 62.1. The molecular formula is C37H38N4O4. The Morgan fingerprint density at radius 2 is 0.756 bits per heavy atom. The molecule has 1 aliphatic heterocycles. The van der Waals surface area contributed by atoms with E-state index >= 15 is 0 Å². The fourth-order valence-electron chi connectivity index (χ4n) is 5.49. The molecule has 0 saturated carbocycles. The molecule has 5 rings (SSSR count). The highest BCUT2D eigenvalue weighted by molar-refractivity contribution is 5.93. The highest BCUT2D eigenvalue weighted by Gasteiger charge is 2.32. The lowest BCUT2D eigenvalue weighted by Crippen LogP contribution is -2.53. The van der Waals surface area contributed by atoms with E-state index in [1.165, 1.54) is 19.6 Å². The first-order chi connectivity index (χ1) is 21.9. The monoisotopic (exact) mass is 602 g/mol. The Morgan fingerprint density at radius 1 is 0.444 bits per heavy atom. The third kappa shape index (κ3) is 8.44. The van der Waals surface area contributed by atoms with Crippen molar-refractivity contribution in [1.29, 1.82) is 0 Å². The van der Waals surface area contributed by atoms with Crippen LogP contribution >= 0.6 is 0 Å². The number of rotatable bonds is 8. The van der Waals surface area contributed by atoms with Gasteiger partial charge in [0.05, 0.1) is 6.04 Å². The summed E-state index contributed by atoms with van der Waals surface area (Å²) in [6.07, 6.45) is 0. The fourth-order valence-corrected chi connectivity index (χ4v) is 5.49. The van der Waals surface area contributed by atoms with Crippen LogP contribution in [0, 0.1) is 0 Å². The highest BCUT2D eigenvalue weighted by atomic mass is 16.2. The lowest BCUT2D eigenvalue weighted by Gasteiger charge is -2.36. The smallest absolute Gasteiger partial charge is 0.243 e. The molecule has 1 heterocycles. The Labute approximate surface area is 264 Å².